The molecule has 0 heterocycles. The average Bonchev–Trinajstić information content (AvgIpc) is 2.95. The summed E-state index contributed by atoms with van der Waals surface area (Å²) in [5.41, 5.74) is 15.7. The van der Waals surface area contributed by atoms with E-state index in [0.717, 1.165) is 33.2 Å². The van der Waals surface area contributed by atoms with Gasteiger partial charge in [0.25, 0.3) is 5.91 Å². The summed E-state index contributed by atoms with van der Waals surface area (Å²) in [6.45, 7) is -0.158. The lowest BCUT2D eigenvalue weighted by Gasteiger charge is -2.26. The van der Waals surface area contributed by atoms with Gasteiger partial charge < -0.3 is 16.6 Å². The number of nitrogens with two attached hydrogens (primary N) is 2. The van der Waals surface area contributed by atoms with Gasteiger partial charge in [0.15, 0.2) is 5.96 Å². The number of alkyl halides is 3. The number of hydrazine groups is 1. The molecule has 10 nitrogen and oxygen atoms in total. The number of nitrogens with one attached hydrogen (secondary N) is 2. The van der Waals surface area contributed by atoms with Crippen LogP contribution in [0.4, 0.5) is 18.9 Å². The maximum Gasteiger partial charge on any atom is 0.416 e. The Hall–Kier alpha value is -4.75. The Bertz CT molecular complexity index is 1380. The van der Waals surface area contributed by atoms with E-state index < -0.39 is 47.9 Å². The summed E-state index contributed by atoms with van der Waals surface area (Å²) in [4.78, 5) is 38.1. The Morgan fingerprint density at radius 3 is 2.05 bits per heavy atom. The van der Waals surface area contributed by atoms with Crippen molar-refractivity contribution in [3.8, 4) is 11.1 Å². The van der Waals surface area contributed by atoms with Gasteiger partial charge in [0, 0.05) is 13.1 Å². The Labute approximate surface area is 240 Å². The number of carbonyl (C=O) groups is 3. The van der Waals surface area contributed by atoms with Crippen molar-refractivity contribution < 1.29 is 32.7 Å². The molecule has 3 rings (SSSR count). The number of hydrogen-bond acceptors (Lipinski definition) is 6. The molecular weight excluding hydrogens is 553 g/mol. The number of rotatable bonds is 12. The van der Waals surface area contributed by atoms with Crippen LogP contribution in [-0.4, -0.2) is 46.3 Å². The van der Waals surface area contributed by atoms with E-state index in [2.05, 4.69) is 5.43 Å². The van der Waals surface area contributed by atoms with Crippen molar-refractivity contribution in [1.82, 2.24) is 10.3 Å². The van der Waals surface area contributed by atoms with Crippen LogP contribution < -0.4 is 21.9 Å². The zero-order valence-corrected chi connectivity index (χ0v) is 22.5. The first kappa shape index (κ1) is 31.8. The molecule has 0 saturated carbocycles. The standard InChI is InChI=1S/C29H31F3N6O4/c30-29(31,32)22-12-8-19(9-13-22)18-36-38(23-14-10-21(11-15-23)20-5-2-1-3-6-20)26(40)17-25(39)37(28(34)35)16-4-7-24(33)27(41)42/h1-3,5-6,8-15,24,36H,4,7,16-18,33H2,(H3,34,35)(H,41,42). The highest BCUT2D eigenvalue weighted by molar-refractivity contribution is 6.08. The average molecular weight is 585 g/mol. The number of carboxylic acids is 1. The number of aliphatic carboxylic acids is 1. The zero-order valence-electron chi connectivity index (χ0n) is 22.5. The lowest BCUT2D eigenvalue weighted by atomic mass is 10.1. The van der Waals surface area contributed by atoms with Gasteiger partial charge in [0.1, 0.15) is 12.5 Å². The van der Waals surface area contributed by atoms with E-state index in [1.54, 1.807) is 24.3 Å². The molecule has 0 aliphatic heterocycles. The molecule has 0 spiro atoms. The summed E-state index contributed by atoms with van der Waals surface area (Å²) in [6, 6.07) is 19.6. The van der Waals surface area contributed by atoms with Gasteiger partial charge in [0.05, 0.1) is 11.3 Å². The molecule has 1 atom stereocenters. The molecule has 222 valence electrons. The summed E-state index contributed by atoms with van der Waals surface area (Å²) in [5, 5.41) is 17.8. The van der Waals surface area contributed by atoms with Gasteiger partial charge in [-0.25, -0.2) is 10.4 Å². The van der Waals surface area contributed by atoms with E-state index in [-0.39, 0.29) is 25.9 Å². The SMILES string of the molecule is N=C(N)N(CCCC(N)C(=O)O)C(=O)CC(=O)N(NCc1ccc(C(F)(F)F)cc1)c1ccc(-c2ccccc2)cc1. The maximum absolute atomic E-state index is 13.4. The Balaban J connectivity index is 1.78. The normalized spacial score (nSPS) is 11.9. The highest BCUT2D eigenvalue weighted by Crippen LogP contribution is 2.29. The molecule has 0 aromatic heterocycles. The second kappa shape index (κ2) is 14.2. The molecule has 1 unspecified atom stereocenters. The highest BCUT2D eigenvalue weighted by atomic mass is 19.4. The van der Waals surface area contributed by atoms with E-state index in [0.29, 0.717) is 11.3 Å². The van der Waals surface area contributed by atoms with E-state index >= 15 is 0 Å². The monoisotopic (exact) mass is 584 g/mol. The number of anilines is 1. The number of amides is 2. The smallest absolute Gasteiger partial charge is 0.416 e. The van der Waals surface area contributed by atoms with Crippen LogP contribution in [0.25, 0.3) is 11.1 Å². The van der Waals surface area contributed by atoms with Crippen LogP contribution in [0.2, 0.25) is 0 Å². The third-order valence-corrected chi connectivity index (χ3v) is 6.31. The molecule has 0 aliphatic rings. The predicted octanol–water partition coefficient (Wildman–Crippen LogP) is 3.71. The van der Waals surface area contributed by atoms with Gasteiger partial charge in [-0.05, 0) is 53.8 Å². The Kier molecular flexibility index (Phi) is 10.8. The van der Waals surface area contributed by atoms with Crippen molar-refractivity contribution >= 4 is 29.4 Å². The molecule has 0 bridgehead atoms. The largest absolute Gasteiger partial charge is 0.480 e. The number of halogens is 3. The van der Waals surface area contributed by atoms with Crippen LogP contribution in [0.1, 0.15) is 30.4 Å². The minimum absolute atomic E-state index is 0.0227. The van der Waals surface area contributed by atoms with Crippen LogP contribution >= 0.6 is 0 Å². The number of benzene rings is 3. The van der Waals surface area contributed by atoms with Crippen LogP contribution in [0.5, 0.6) is 0 Å². The number of hydrogen-bond donors (Lipinski definition) is 5. The minimum Gasteiger partial charge on any atom is -0.480 e. The lowest BCUT2D eigenvalue weighted by molar-refractivity contribution is -0.139. The van der Waals surface area contributed by atoms with Crippen LogP contribution in [0, 0.1) is 5.41 Å². The van der Waals surface area contributed by atoms with Gasteiger partial charge in [-0.3, -0.25) is 24.7 Å². The van der Waals surface area contributed by atoms with Gasteiger partial charge in [0.2, 0.25) is 5.91 Å². The Morgan fingerprint density at radius 2 is 1.50 bits per heavy atom. The van der Waals surface area contributed by atoms with Crippen molar-refractivity contribution in [3.63, 3.8) is 0 Å². The molecule has 3 aromatic carbocycles. The number of carboxylic acid groups (broad SMARTS) is 1. The maximum atomic E-state index is 13.4. The van der Waals surface area contributed by atoms with Gasteiger partial charge >= 0.3 is 12.1 Å². The second-order valence-corrected chi connectivity index (χ2v) is 9.37. The molecule has 13 heteroatoms. The third kappa shape index (κ3) is 8.88. The van der Waals surface area contributed by atoms with Crippen molar-refractivity contribution in [2.45, 2.75) is 38.0 Å². The molecule has 0 fully saturated rings. The lowest BCUT2D eigenvalue weighted by Crippen LogP contribution is -2.48. The van der Waals surface area contributed by atoms with E-state index in [4.69, 9.17) is 22.0 Å². The van der Waals surface area contributed by atoms with E-state index in [9.17, 15) is 27.6 Å². The molecular formula is C29H31F3N6O4. The van der Waals surface area contributed by atoms with Gasteiger partial charge in [-0.2, -0.15) is 13.2 Å². The first-order valence-corrected chi connectivity index (χ1v) is 12.9. The fraction of sp³-hybridized carbons (Fsp3) is 0.241. The fourth-order valence-electron chi connectivity index (χ4n) is 4.02. The first-order chi connectivity index (χ1) is 19.9. The Morgan fingerprint density at radius 1 is 0.905 bits per heavy atom. The number of guanidine groups is 1. The summed E-state index contributed by atoms with van der Waals surface area (Å²) in [7, 11) is 0. The molecule has 0 saturated heterocycles. The summed E-state index contributed by atoms with van der Waals surface area (Å²) < 4.78 is 38.9. The van der Waals surface area contributed by atoms with E-state index in [1.807, 2.05) is 30.3 Å². The van der Waals surface area contributed by atoms with Gasteiger partial charge in [-0.15, -0.1) is 0 Å². The molecule has 0 aliphatic carbocycles. The predicted molar refractivity (Wildman–Crippen MR) is 151 cm³/mol. The molecule has 2 amide bonds. The third-order valence-electron chi connectivity index (χ3n) is 6.31. The topological polar surface area (TPSA) is 166 Å². The van der Waals surface area contributed by atoms with Crippen LogP contribution in [0.15, 0.2) is 78.9 Å². The van der Waals surface area contributed by atoms with Crippen molar-refractivity contribution in [2.24, 2.45) is 11.5 Å². The highest BCUT2D eigenvalue weighted by Gasteiger charge is 2.30. The molecule has 0 radical (unpaired) electrons. The van der Waals surface area contributed by atoms with E-state index in [1.165, 1.54) is 12.1 Å². The molecule has 42 heavy (non-hydrogen) atoms. The summed E-state index contributed by atoms with van der Waals surface area (Å²) >= 11 is 0. The van der Waals surface area contributed by atoms with Crippen molar-refractivity contribution in [3.05, 3.63) is 90.0 Å². The van der Waals surface area contributed by atoms with Crippen molar-refractivity contribution in [2.75, 3.05) is 11.6 Å². The first-order valence-electron chi connectivity index (χ1n) is 12.9. The quantitative estimate of drug-likeness (QED) is 0.0937. The number of carbonyl (C=O) groups excluding carboxylic acids is 2. The summed E-state index contributed by atoms with van der Waals surface area (Å²) in [6.07, 6.45) is -5.04. The van der Waals surface area contributed by atoms with Crippen LogP contribution in [0.3, 0.4) is 0 Å². The number of nitrogens with zero attached hydrogens (tertiary/aromatic N) is 2. The zero-order chi connectivity index (χ0) is 30.9. The van der Waals surface area contributed by atoms with Crippen molar-refractivity contribution in [1.29, 1.82) is 5.41 Å². The second-order valence-electron chi connectivity index (χ2n) is 9.37. The van der Waals surface area contributed by atoms with Crippen LogP contribution in [-0.2, 0) is 27.1 Å². The molecule has 7 N–H and O–H groups in total. The summed E-state index contributed by atoms with van der Waals surface area (Å²) in [5.74, 6) is -3.33. The van der Waals surface area contributed by atoms with Gasteiger partial charge in [-0.1, -0.05) is 54.6 Å². The molecule has 3 aromatic rings. The fourth-order valence-corrected chi connectivity index (χ4v) is 4.02. The minimum atomic E-state index is -4.49.